The summed E-state index contributed by atoms with van der Waals surface area (Å²) in [6.07, 6.45) is -0.590. The minimum absolute atomic E-state index is 0.0351. The van der Waals surface area contributed by atoms with Crippen LogP contribution in [0.3, 0.4) is 0 Å². The van der Waals surface area contributed by atoms with Gasteiger partial charge >= 0.3 is 6.09 Å². The Balaban J connectivity index is 2.06. The van der Waals surface area contributed by atoms with Crippen molar-refractivity contribution in [3.63, 3.8) is 0 Å². The fraction of sp³-hybridized carbons (Fsp3) is 0.235. The molecule has 8 heteroatoms. The Hall–Kier alpha value is -2.80. The number of halogens is 1. The van der Waals surface area contributed by atoms with Gasteiger partial charge in [-0.25, -0.2) is 4.79 Å². The van der Waals surface area contributed by atoms with Crippen LogP contribution in [0.1, 0.15) is 20.8 Å². The van der Waals surface area contributed by atoms with Gasteiger partial charge in [0, 0.05) is 23.7 Å². The van der Waals surface area contributed by atoms with E-state index in [9.17, 15) is 14.9 Å². The highest BCUT2D eigenvalue weighted by Gasteiger charge is 2.16. The van der Waals surface area contributed by atoms with E-state index in [4.69, 9.17) is 21.1 Å². The predicted molar refractivity (Wildman–Crippen MR) is 93.5 cm³/mol. The first-order chi connectivity index (χ1) is 11.6. The highest BCUT2D eigenvalue weighted by Crippen LogP contribution is 2.33. The molecule has 25 heavy (non-hydrogen) atoms. The second-order valence-electron chi connectivity index (χ2n) is 6.21. The number of nitrogens with one attached hydrogen (secondary N) is 1. The number of non-ortho nitro benzene ring substituents is 1. The number of carbonyl (C=O) groups excluding carboxylic acids is 1. The zero-order valence-corrected chi connectivity index (χ0v) is 14.7. The lowest BCUT2D eigenvalue weighted by Gasteiger charge is -2.20. The fourth-order valence-corrected chi connectivity index (χ4v) is 2.04. The van der Waals surface area contributed by atoms with Crippen LogP contribution >= 0.6 is 11.6 Å². The van der Waals surface area contributed by atoms with Crippen molar-refractivity contribution in [1.82, 2.24) is 5.32 Å². The average Bonchev–Trinajstić information content (AvgIpc) is 2.48. The molecule has 0 saturated carbocycles. The highest BCUT2D eigenvalue weighted by atomic mass is 35.5. The van der Waals surface area contributed by atoms with Crippen molar-refractivity contribution < 1.29 is 19.2 Å². The van der Waals surface area contributed by atoms with Crippen LogP contribution in [0, 0.1) is 10.1 Å². The smallest absolute Gasteiger partial charge is 0.413 e. The van der Waals surface area contributed by atoms with E-state index in [1.165, 1.54) is 36.4 Å². The highest BCUT2D eigenvalue weighted by molar-refractivity contribution is 6.32. The number of rotatable bonds is 4. The molecule has 2 rings (SSSR count). The Kier molecular flexibility index (Phi) is 5.48. The van der Waals surface area contributed by atoms with E-state index < -0.39 is 16.6 Å². The standard InChI is InChI=1S/C17H17ClN2O5/c1-17(2,3)19-16(21)25-13-8-9-15(14(18)10-13)24-12-6-4-11(5-7-12)20(22)23/h4-10H,1-3H3,(H,19,21). The summed E-state index contributed by atoms with van der Waals surface area (Å²) in [4.78, 5) is 21.9. The third-order valence-corrected chi connectivity index (χ3v) is 3.16. The van der Waals surface area contributed by atoms with E-state index >= 15 is 0 Å². The molecule has 0 aromatic heterocycles. The molecular weight excluding hydrogens is 348 g/mol. The third kappa shape index (κ3) is 5.65. The van der Waals surface area contributed by atoms with Gasteiger partial charge in [0.1, 0.15) is 17.2 Å². The van der Waals surface area contributed by atoms with Crippen LogP contribution in [-0.2, 0) is 0 Å². The number of carbonyl (C=O) groups is 1. The lowest BCUT2D eigenvalue weighted by atomic mass is 10.1. The molecule has 0 bridgehead atoms. The Morgan fingerprint density at radius 3 is 2.24 bits per heavy atom. The summed E-state index contributed by atoms with van der Waals surface area (Å²) in [5.74, 6) is 0.994. The first kappa shape index (κ1) is 18.5. The molecule has 0 unspecified atom stereocenters. The van der Waals surface area contributed by atoms with Crippen molar-refractivity contribution in [3.05, 3.63) is 57.6 Å². The molecule has 1 N–H and O–H groups in total. The van der Waals surface area contributed by atoms with Crippen molar-refractivity contribution in [3.8, 4) is 17.2 Å². The monoisotopic (exact) mass is 364 g/mol. The van der Waals surface area contributed by atoms with Crippen molar-refractivity contribution in [1.29, 1.82) is 0 Å². The van der Waals surface area contributed by atoms with Gasteiger partial charge in [-0.15, -0.1) is 0 Å². The Labute approximate surface area is 149 Å². The number of hydrogen-bond donors (Lipinski definition) is 1. The zero-order chi connectivity index (χ0) is 18.6. The van der Waals surface area contributed by atoms with Gasteiger partial charge < -0.3 is 14.8 Å². The first-order valence-electron chi connectivity index (χ1n) is 7.36. The van der Waals surface area contributed by atoms with Crippen LogP contribution in [0.25, 0.3) is 0 Å². The van der Waals surface area contributed by atoms with Gasteiger partial charge in [-0.1, -0.05) is 11.6 Å². The van der Waals surface area contributed by atoms with Crippen LogP contribution in [0.5, 0.6) is 17.2 Å². The van der Waals surface area contributed by atoms with E-state index in [-0.39, 0.29) is 16.5 Å². The quantitative estimate of drug-likeness (QED) is 0.613. The van der Waals surface area contributed by atoms with Crippen molar-refractivity contribution in [2.75, 3.05) is 0 Å². The maximum atomic E-state index is 11.7. The topological polar surface area (TPSA) is 90.7 Å². The number of benzene rings is 2. The molecule has 0 heterocycles. The van der Waals surface area contributed by atoms with Gasteiger partial charge in [0.25, 0.3) is 5.69 Å². The lowest BCUT2D eigenvalue weighted by Crippen LogP contribution is -2.42. The molecule has 0 saturated heterocycles. The van der Waals surface area contributed by atoms with Gasteiger partial charge in [0.2, 0.25) is 0 Å². The minimum Gasteiger partial charge on any atom is -0.456 e. The van der Waals surface area contributed by atoms with E-state index in [2.05, 4.69) is 5.32 Å². The first-order valence-corrected chi connectivity index (χ1v) is 7.74. The molecule has 0 radical (unpaired) electrons. The van der Waals surface area contributed by atoms with E-state index in [0.29, 0.717) is 11.5 Å². The largest absolute Gasteiger partial charge is 0.456 e. The number of nitro benzene ring substituents is 1. The van der Waals surface area contributed by atoms with E-state index in [0.717, 1.165) is 0 Å². The maximum absolute atomic E-state index is 11.7. The SMILES string of the molecule is CC(C)(C)NC(=O)Oc1ccc(Oc2ccc([N+](=O)[O-])cc2)c(Cl)c1. The molecule has 0 aliphatic carbocycles. The van der Waals surface area contributed by atoms with Crippen LogP contribution < -0.4 is 14.8 Å². The Morgan fingerprint density at radius 1 is 1.12 bits per heavy atom. The number of nitrogens with zero attached hydrogens (tertiary/aromatic N) is 1. The molecule has 0 spiro atoms. The number of nitro groups is 1. The number of amides is 1. The second-order valence-corrected chi connectivity index (χ2v) is 6.62. The molecule has 2 aromatic rings. The fourth-order valence-electron chi connectivity index (χ4n) is 1.83. The summed E-state index contributed by atoms with van der Waals surface area (Å²) in [5, 5.41) is 13.5. The van der Waals surface area contributed by atoms with Gasteiger partial charge in [-0.2, -0.15) is 0 Å². The molecule has 7 nitrogen and oxygen atoms in total. The summed E-state index contributed by atoms with van der Waals surface area (Å²) in [7, 11) is 0. The van der Waals surface area contributed by atoms with Crippen LogP contribution in [-0.4, -0.2) is 16.6 Å². The normalized spacial score (nSPS) is 10.9. The minimum atomic E-state index is -0.590. The van der Waals surface area contributed by atoms with Crippen molar-refractivity contribution in [2.24, 2.45) is 0 Å². The molecule has 0 fully saturated rings. The summed E-state index contributed by atoms with van der Waals surface area (Å²) in [6, 6.07) is 10.1. The van der Waals surface area contributed by atoms with E-state index in [1.807, 2.05) is 20.8 Å². The number of ether oxygens (including phenoxy) is 2. The van der Waals surface area contributed by atoms with Gasteiger partial charge in [-0.05, 0) is 45.0 Å². The van der Waals surface area contributed by atoms with Crippen molar-refractivity contribution in [2.45, 2.75) is 26.3 Å². The molecule has 1 amide bonds. The average molecular weight is 365 g/mol. The molecule has 0 aliphatic rings. The Bertz CT molecular complexity index is 785. The number of hydrogen-bond acceptors (Lipinski definition) is 5. The van der Waals surface area contributed by atoms with Gasteiger partial charge in [-0.3, -0.25) is 10.1 Å². The molecular formula is C17H17ClN2O5. The summed E-state index contributed by atoms with van der Waals surface area (Å²) in [5.41, 5.74) is -0.452. The Morgan fingerprint density at radius 2 is 1.72 bits per heavy atom. The van der Waals surface area contributed by atoms with Crippen LogP contribution in [0.15, 0.2) is 42.5 Å². The van der Waals surface area contributed by atoms with Gasteiger partial charge in [0.05, 0.1) is 9.95 Å². The second kappa shape index (κ2) is 7.40. The van der Waals surface area contributed by atoms with Crippen LogP contribution in [0.2, 0.25) is 5.02 Å². The molecule has 0 aliphatic heterocycles. The maximum Gasteiger partial charge on any atom is 0.413 e. The predicted octanol–water partition coefficient (Wildman–Crippen LogP) is 4.93. The summed E-state index contributed by atoms with van der Waals surface area (Å²) in [6.45, 7) is 5.51. The molecule has 132 valence electrons. The summed E-state index contributed by atoms with van der Waals surface area (Å²) >= 11 is 6.13. The van der Waals surface area contributed by atoms with E-state index in [1.54, 1.807) is 6.07 Å². The van der Waals surface area contributed by atoms with Crippen molar-refractivity contribution >= 4 is 23.4 Å². The molecule has 2 aromatic carbocycles. The third-order valence-electron chi connectivity index (χ3n) is 2.87. The van der Waals surface area contributed by atoms with Crippen LogP contribution in [0.4, 0.5) is 10.5 Å². The molecule has 0 atom stereocenters. The van der Waals surface area contributed by atoms with Gasteiger partial charge in [0.15, 0.2) is 0 Å². The summed E-state index contributed by atoms with van der Waals surface area (Å²) < 4.78 is 10.7. The zero-order valence-electron chi connectivity index (χ0n) is 13.9. The lowest BCUT2D eigenvalue weighted by molar-refractivity contribution is -0.384.